The molecule has 3 rings (SSSR count). The summed E-state index contributed by atoms with van der Waals surface area (Å²) in [5.74, 6) is 1.64. The highest BCUT2D eigenvalue weighted by Crippen LogP contribution is 2.23. The molecular formula is C21H22O2. The summed E-state index contributed by atoms with van der Waals surface area (Å²) < 4.78 is 11.3. The van der Waals surface area contributed by atoms with E-state index in [-0.39, 0.29) is 6.79 Å². The molecule has 0 heterocycles. The minimum atomic E-state index is 0.212. The zero-order valence-corrected chi connectivity index (χ0v) is 13.5. The molecule has 3 aromatic carbocycles. The number of unbranched alkanes of at least 4 members (excludes halogenated alkanes) is 1. The largest absolute Gasteiger partial charge is 0.458 e. The highest BCUT2D eigenvalue weighted by Gasteiger charge is 2.00. The van der Waals surface area contributed by atoms with Crippen molar-refractivity contribution in [3.05, 3.63) is 72.3 Å². The Hall–Kier alpha value is -2.48. The molecule has 2 nitrogen and oxygen atoms in total. The second kappa shape index (κ2) is 7.68. The van der Waals surface area contributed by atoms with E-state index < -0.39 is 0 Å². The average Bonchev–Trinajstić information content (AvgIpc) is 2.61. The number of benzene rings is 3. The van der Waals surface area contributed by atoms with E-state index in [2.05, 4.69) is 37.3 Å². The fourth-order valence-electron chi connectivity index (χ4n) is 2.58. The lowest BCUT2D eigenvalue weighted by Crippen LogP contribution is -2.05. The van der Waals surface area contributed by atoms with Crippen molar-refractivity contribution < 1.29 is 9.47 Å². The SMILES string of the molecule is CCCCc1ccc2cc(OCOc3ccccc3)ccc2c1. The standard InChI is InChI=1S/C21H22O2/c1-2-3-7-17-10-11-19-15-21(13-12-18(19)14-17)23-16-22-20-8-5-4-6-9-20/h4-6,8-15H,2-3,7,16H2,1H3. The van der Waals surface area contributed by atoms with Gasteiger partial charge in [0.1, 0.15) is 11.5 Å². The van der Waals surface area contributed by atoms with Gasteiger partial charge in [-0.15, -0.1) is 0 Å². The molecule has 118 valence electrons. The lowest BCUT2D eigenvalue weighted by molar-refractivity contribution is 0.120. The van der Waals surface area contributed by atoms with Gasteiger partial charge in [-0.25, -0.2) is 0 Å². The lowest BCUT2D eigenvalue weighted by atomic mass is 10.0. The average molecular weight is 306 g/mol. The maximum atomic E-state index is 5.69. The van der Waals surface area contributed by atoms with Crippen molar-refractivity contribution in [2.24, 2.45) is 0 Å². The first-order chi connectivity index (χ1) is 11.3. The monoisotopic (exact) mass is 306 g/mol. The Bertz CT molecular complexity index is 750. The van der Waals surface area contributed by atoms with Crippen LogP contribution in [0.4, 0.5) is 0 Å². The van der Waals surface area contributed by atoms with Gasteiger partial charge in [-0.1, -0.05) is 55.8 Å². The molecule has 0 radical (unpaired) electrons. The third kappa shape index (κ3) is 4.26. The first-order valence-electron chi connectivity index (χ1n) is 8.18. The van der Waals surface area contributed by atoms with E-state index in [0.29, 0.717) is 0 Å². The maximum absolute atomic E-state index is 5.69. The zero-order valence-electron chi connectivity index (χ0n) is 13.5. The van der Waals surface area contributed by atoms with Crippen molar-refractivity contribution in [2.45, 2.75) is 26.2 Å². The molecule has 0 aliphatic heterocycles. The second-order valence-corrected chi connectivity index (χ2v) is 5.67. The first-order valence-corrected chi connectivity index (χ1v) is 8.18. The van der Waals surface area contributed by atoms with Gasteiger partial charge in [0.25, 0.3) is 0 Å². The molecule has 0 fully saturated rings. The van der Waals surface area contributed by atoms with Gasteiger partial charge in [0.15, 0.2) is 0 Å². The number of hydrogen-bond donors (Lipinski definition) is 0. The van der Waals surface area contributed by atoms with Gasteiger partial charge in [0.05, 0.1) is 0 Å². The van der Waals surface area contributed by atoms with E-state index in [4.69, 9.17) is 9.47 Å². The summed E-state index contributed by atoms with van der Waals surface area (Å²) in [4.78, 5) is 0. The second-order valence-electron chi connectivity index (χ2n) is 5.67. The summed E-state index contributed by atoms with van der Waals surface area (Å²) in [5, 5.41) is 2.46. The van der Waals surface area contributed by atoms with Crippen LogP contribution in [-0.4, -0.2) is 6.79 Å². The molecule has 0 aliphatic carbocycles. The molecule has 0 unspecified atom stereocenters. The van der Waals surface area contributed by atoms with Crippen LogP contribution < -0.4 is 9.47 Å². The molecule has 0 bridgehead atoms. The van der Waals surface area contributed by atoms with E-state index >= 15 is 0 Å². The van der Waals surface area contributed by atoms with E-state index in [0.717, 1.165) is 17.9 Å². The summed E-state index contributed by atoms with van der Waals surface area (Å²) in [5.41, 5.74) is 1.40. The molecule has 2 heteroatoms. The van der Waals surface area contributed by atoms with Crippen LogP contribution in [0.5, 0.6) is 11.5 Å². The third-order valence-corrected chi connectivity index (χ3v) is 3.89. The number of hydrogen-bond acceptors (Lipinski definition) is 2. The minimum Gasteiger partial charge on any atom is -0.458 e. The molecule has 0 aliphatic rings. The number of para-hydroxylation sites is 1. The van der Waals surface area contributed by atoms with Crippen molar-refractivity contribution in [1.82, 2.24) is 0 Å². The van der Waals surface area contributed by atoms with Crippen molar-refractivity contribution in [3.8, 4) is 11.5 Å². The van der Waals surface area contributed by atoms with E-state index in [1.165, 1.54) is 29.2 Å². The van der Waals surface area contributed by atoms with Gasteiger partial charge in [-0.2, -0.15) is 0 Å². The van der Waals surface area contributed by atoms with Gasteiger partial charge in [-0.3, -0.25) is 0 Å². The number of ether oxygens (including phenoxy) is 2. The summed E-state index contributed by atoms with van der Waals surface area (Å²) in [6.45, 7) is 2.44. The molecule has 0 aromatic heterocycles. The molecule has 0 saturated heterocycles. The summed E-state index contributed by atoms with van der Waals surface area (Å²) in [6, 6.07) is 22.5. The minimum absolute atomic E-state index is 0.212. The van der Waals surface area contributed by atoms with Crippen molar-refractivity contribution in [2.75, 3.05) is 6.79 Å². The highest BCUT2D eigenvalue weighted by molar-refractivity contribution is 5.84. The fourth-order valence-corrected chi connectivity index (χ4v) is 2.58. The Kier molecular flexibility index (Phi) is 5.15. The normalized spacial score (nSPS) is 10.7. The van der Waals surface area contributed by atoms with Crippen LogP contribution in [0.1, 0.15) is 25.3 Å². The summed E-state index contributed by atoms with van der Waals surface area (Å²) in [7, 11) is 0. The first kappa shape index (κ1) is 15.4. The third-order valence-electron chi connectivity index (χ3n) is 3.89. The molecule has 0 spiro atoms. The predicted molar refractivity (Wildman–Crippen MR) is 95.1 cm³/mol. The Balaban J connectivity index is 1.63. The van der Waals surface area contributed by atoms with Crippen molar-refractivity contribution in [1.29, 1.82) is 0 Å². The van der Waals surface area contributed by atoms with Crippen LogP contribution in [0.15, 0.2) is 66.7 Å². The van der Waals surface area contributed by atoms with Gasteiger partial charge in [0.2, 0.25) is 6.79 Å². The summed E-state index contributed by atoms with van der Waals surface area (Å²) in [6.07, 6.45) is 3.62. The lowest BCUT2D eigenvalue weighted by Gasteiger charge is -2.09. The molecular weight excluding hydrogens is 284 g/mol. The van der Waals surface area contributed by atoms with Gasteiger partial charge >= 0.3 is 0 Å². The maximum Gasteiger partial charge on any atom is 0.230 e. The van der Waals surface area contributed by atoms with Crippen LogP contribution in [-0.2, 0) is 6.42 Å². The zero-order chi connectivity index (χ0) is 15.9. The highest BCUT2D eigenvalue weighted by atomic mass is 16.7. The van der Waals surface area contributed by atoms with Gasteiger partial charge in [0, 0.05) is 0 Å². The molecule has 3 aromatic rings. The molecule has 0 amide bonds. The fraction of sp³-hybridized carbons (Fsp3) is 0.238. The number of aryl methyl sites for hydroxylation is 1. The van der Waals surface area contributed by atoms with Crippen molar-refractivity contribution in [3.63, 3.8) is 0 Å². The quantitative estimate of drug-likeness (QED) is 0.529. The number of rotatable bonds is 7. The van der Waals surface area contributed by atoms with Crippen molar-refractivity contribution >= 4 is 10.8 Å². The van der Waals surface area contributed by atoms with Crippen LogP contribution in [0.25, 0.3) is 10.8 Å². The molecule has 0 atom stereocenters. The van der Waals surface area contributed by atoms with E-state index in [1.807, 2.05) is 36.4 Å². The summed E-state index contributed by atoms with van der Waals surface area (Å²) >= 11 is 0. The van der Waals surface area contributed by atoms with Crippen LogP contribution in [0.3, 0.4) is 0 Å². The molecule has 23 heavy (non-hydrogen) atoms. The Morgan fingerprint density at radius 3 is 2.30 bits per heavy atom. The van der Waals surface area contributed by atoms with Crippen LogP contribution >= 0.6 is 0 Å². The van der Waals surface area contributed by atoms with Gasteiger partial charge in [-0.05, 0) is 53.4 Å². The Morgan fingerprint density at radius 2 is 1.48 bits per heavy atom. The topological polar surface area (TPSA) is 18.5 Å². The smallest absolute Gasteiger partial charge is 0.230 e. The van der Waals surface area contributed by atoms with E-state index in [9.17, 15) is 0 Å². The molecule has 0 saturated carbocycles. The van der Waals surface area contributed by atoms with Crippen LogP contribution in [0, 0.1) is 0 Å². The van der Waals surface area contributed by atoms with Crippen LogP contribution in [0.2, 0.25) is 0 Å². The molecule has 0 N–H and O–H groups in total. The number of fused-ring (bicyclic) bond motifs is 1. The Morgan fingerprint density at radius 1 is 0.739 bits per heavy atom. The Labute approximate surface area is 137 Å². The van der Waals surface area contributed by atoms with E-state index in [1.54, 1.807) is 0 Å². The van der Waals surface area contributed by atoms with Gasteiger partial charge < -0.3 is 9.47 Å². The predicted octanol–water partition coefficient (Wildman–Crippen LogP) is 5.60.